The third-order valence-corrected chi connectivity index (χ3v) is 1.68. The lowest BCUT2D eigenvalue weighted by molar-refractivity contribution is 0.237. The van der Waals surface area contributed by atoms with Gasteiger partial charge in [0.2, 0.25) is 0 Å². The van der Waals surface area contributed by atoms with Crippen molar-refractivity contribution < 1.29 is 10.2 Å². The van der Waals surface area contributed by atoms with E-state index in [2.05, 4.69) is 11.8 Å². The molecule has 1 aromatic rings. The van der Waals surface area contributed by atoms with Crippen LogP contribution in [0.2, 0.25) is 0 Å². The highest BCUT2D eigenvalue weighted by atomic mass is 16.3. The molecule has 0 aliphatic heterocycles. The number of aliphatic hydroxyl groups excluding tert-OH is 2. The summed E-state index contributed by atoms with van der Waals surface area (Å²) in [6.45, 7) is 1.73. The molecule has 13 heavy (non-hydrogen) atoms. The van der Waals surface area contributed by atoms with Crippen LogP contribution in [0.5, 0.6) is 0 Å². The monoisotopic (exact) mass is 176 g/mol. The average molecular weight is 176 g/mol. The van der Waals surface area contributed by atoms with E-state index in [1.165, 1.54) is 0 Å². The predicted molar refractivity (Wildman–Crippen MR) is 51.0 cm³/mol. The average Bonchev–Trinajstić information content (AvgIpc) is 2.14. The predicted octanol–water partition coefficient (Wildman–Crippen LogP) is 1.02. The van der Waals surface area contributed by atoms with Gasteiger partial charge in [-0.1, -0.05) is 41.7 Å². The number of aliphatic hydroxyl groups is 2. The minimum atomic E-state index is -0.799. The molecule has 1 aromatic carbocycles. The van der Waals surface area contributed by atoms with E-state index in [0.717, 1.165) is 11.1 Å². The summed E-state index contributed by atoms with van der Waals surface area (Å²) in [4.78, 5) is 0. The summed E-state index contributed by atoms with van der Waals surface area (Å²) in [5.41, 5.74) is 1.85. The van der Waals surface area contributed by atoms with Gasteiger partial charge in [0.1, 0.15) is 12.7 Å². The maximum Gasteiger partial charge on any atom is 0.140 e. The first-order valence-corrected chi connectivity index (χ1v) is 4.08. The Morgan fingerprint density at radius 3 is 2.85 bits per heavy atom. The molecule has 1 unspecified atom stereocenters. The van der Waals surface area contributed by atoms with Gasteiger partial charge in [-0.3, -0.25) is 0 Å². The quantitative estimate of drug-likeness (QED) is 0.627. The molecular formula is C11H12O2. The Hall–Kier alpha value is -1.30. The van der Waals surface area contributed by atoms with Gasteiger partial charge in [0.25, 0.3) is 0 Å². The van der Waals surface area contributed by atoms with Crippen molar-refractivity contribution in [2.45, 2.75) is 13.0 Å². The Labute approximate surface area is 77.8 Å². The molecule has 0 aromatic heterocycles. The lowest BCUT2D eigenvalue weighted by atomic mass is 10.1. The fourth-order valence-corrected chi connectivity index (χ4v) is 1.07. The molecule has 0 heterocycles. The topological polar surface area (TPSA) is 40.5 Å². The van der Waals surface area contributed by atoms with Crippen LogP contribution in [0.4, 0.5) is 0 Å². The molecule has 0 spiro atoms. The molecule has 2 N–H and O–H groups in total. The number of rotatable bonds is 1. The zero-order chi connectivity index (χ0) is 9.68. The number of hydrogen-bond acceptors (Lipinski definition) is 2. The molecule has 68 valence electrons. The van der Waals surface area contributed by atoms with Crippen LogP contribution in [0.1, 0.15) is 17.2 Å². The van der Waals surface area contributed by atoms with Crippen molar-refractivity contribution in [2.75, 3.05) is 6.61 Å². The summed E-state index contributed by atoms with van der Waals surface area (Å²) < 4.78 is 0. The summed E-state index contributed by atoms with van der Waals surface area (Å²) >= 11 is 0. The molecule has 0 radical (unpaired) electrons. The van der Waals surface area contributed by atoms with Gasteiger partial charge in [-0.2, -0.15) is 0 Å². The van der Waals surface area contributed by atoms with Crippen LogP contribution in [0.15, 0.2) is 24.3 Å². The van der Waals surface area contributed by atoms with E-state index >= 15 is 0 Å². The van der Waals surface area contributed by atoms with Crippen LogP contribution in [0, 0.1) is 18.8 Å². The highest BCUT2D eigenvalue weighted by molar-refractivity contribution is 5.28. The van der Waals surface area contributed by atoms with E-state index in [1.54, 1.807) is 0 Å². The molecule has 0 aliphatic carbocycles. The van der Waals surface area contributed by atoms with E-state index < -0.39 is 6.10 Å². The van der Waals surface area contributed by atoms with Gasteiger partial charge in [0.15, 0.2) is 0 Å². The summed E-state index contributed by atoms with van der Waals surface area (Å²) in [5.74, 6) is 4.95. The van der Waals surface area contributed by atoms with Crippen molar-refractivity contribution in [1.82, 2.24) is 0 Å². The van der Waals surface area contributed by atoms with Crippen LogP contribution < -0.4 is 0 Å². The van der Waals surface area contributed by atoms with Gasteiger partial charge in [-0.05, 0) is 12.5 Å². The zero-order valence-corrected chi connectivity index (χ0v) is 7.49. The number of benzene rings is 1. The van der Waals surface area contributed by atoms with Crippen molar-refractivity contribution in [2.24, 2.45) is 0 Å². The molecule has 0 fully saturated rings. The van der Waals surface area contributed by atoms with Crippen molar-refractivity contribution in [3.05, 3.63) is 35.4 Å². The second kappa shape index (κ2) is 4.66. The van der Waals surface area contributed by atoms with Crippen molar-refractivity contribution in [3.8, 4) is 11.8 Å². The lowest BCUT2D eigenvalue weighted by Gasteiger charge is -2.03. The molecule has 0 aliphatic rings. The Bertz CT molecular complexity index is 333. The van der Waals surface area contributed by atoms with Gasteiger partial charge >= 0.3 is 0 Å². The van der Waals surface area contributed by atoms with Gasteiger partial charge in [-0.25, -0.2) is 0 Å². The summed E-state index contributed by atoms with van der Waals surface area (Å²) in [6.07, 6.45) is -0.799. The van der Waals surface area contributed by atoms with E-state index in [-0.39, 0.29) is 6.61 Å². The summed E-state index contributed by atoms with van der Waals surface area (Å²) in [5, 5.41) is 17.9. The number of hydrogen-bond donors (Lipinski definition) is 2. The van der Waals surface area contributed by atoms with Crippen molar-refractivity contribution in [1.29, 1.82) is 0 Å². The second-order valence-electron chi connectivity index (χ2n) is 2.80. The highest BCUT2D eigenvalue weighted by Crippen LogP contribution is 2.12. The maximum absolute atomic E-state index is 9.49. The molecular weight excluding hydrogens is 164 g/mol. The van der Waals surface area contributed by atoms with E-state index in [0.29, 0.717) is 0 Å². The molecule has 1 atom stereocenters. The molecule has 0 bridgehead atoms. The minimum absolute atomic E-state index is 0.219. The fourth-order valence-electron chi connectivity index (χ4n) is 1.07. The Kier molecular flexibility index (Phi) is 3.51. The Morgan fingerprint density at radius 1 is 1.46 bits per heavy atom. The van der Waals surface area contributed by atoms with Crippen LogP contribution in [0.3, 0.4) is 0 Å². The van der Waals surface area contributed by atoms with Gasteiger partial charge < -0.3 is 10.2 Å². The van der Waals surface area contributed by atoms with E-state index in [1.807, 2.05) is 31.2 Å². The van der Waals surface area contributed by atoms with Gasteiger partial charge in [0, 0.05) is 0 Å². The molecule has 2 nitrogen and oxygen atoms in total. The van der Waals surface area contributed by atoms with Crippen LogP contribution in [0.25, 0.3) is 0 Å². The molecule has 0 saturated carbocycles. The Balaban J connectivity index is 2.82. The van der Waals surface area contributed by atoms with Crippen molar-refractivity contribution >= 4 is 0 Å². The van der Waals surface area contributed by atoms with Crippen LogP contribution >= 0.6 is 0 Å². The summed E-state index contributed by atoms with van der Waals surface area (Å²) in [6, 6.07) is 7.50. The van der Waals surface area contributed by atoms with Crippen molar-refractivity contribution in [3.63, 3.8) is 0 Å². The zero-order valence-electron chi connectivity index (χ0n) is 7.49. The second-order valence-corrected chi connectivity index (χ2v) is 2.80. The lowest BCUT2D eigenvalue weighted by Crippen LogP contribution is -1.94. The van der Waals surface area contributed by atoms with Crippen LogP contribution in [-0.4, -0.2) is 16.8 Å². The molecule has 2 heteroatoms. The maximum atomic E-state index is 9.49. The first kappa shape index (κ1) is 9.79. The van der Waals surface area contributed by atoms with Gasteiger partial charge in [0.05, 0.1) is 0 Å². The van der Waals surface area contributed by atoms with E-state index in [9.17, 15) is 5.11 Å². The van der Waals surface area contributed by atoms with E-state index in [4.69, 9.17) is 5.11 Å². The fraction of sp³-hybridized carbons (Fsp3) is 0.273. The smallest absolute Gasteiger partial charge is 0.140 e. The minimum Gasteiger partial charge on any atom is -0.384 e. The van der Waals surface area contributed by atoms with Crippen LogP contribution in [-0.2, 0) is 0 Å². The standard InChI is InChI=1S/C11H12O2/c1-9-4-2-5-10(8-9)11(13)6-3-7-12/h2,4-5,8,11-13H,7H2,1H3. The summed E-state index contributed by atoms with van der Waals surface area (Å²) in [7, 11) is 0. The molecule has 1 rings (SSSR count). The molecule has 0 amide bonds. The third kappa shape index (κ3) is 2.90. The normalized spacial score (nSPS) is 11.6. The first-order valence-electron chi connectivity index (χ1n) is 4.08. The molecule has 0 saturated heterocycles. The largest absolute Gasteiger partial charge is 0.384 e. The first-order chi connectivity index (χ1) is 6.24. The van der Waals surface area contributed by atoms with Gasteiger partial charge in [-0.15, -0.1) is 0 Å². The Morgan fingerprint density at radius 2 is 2.23 bits per heavy atom. The highest BCUT2D eigenvalue weighted by Gasteiger charge is 2.01. The number of aryl methyl sites for hydroxylation is 1. The SMILES string of the molecule is Cc1cccc(C(O)C#CCO)c1. The third-order valence-electron chi connectivity index (χ3n) is 1.68.